The number of nitrogens with zero attached hydrogens (tertiary/aromatic N) is 3. The Morgan fingerprint density at radius 3 is 2.68 bits per heavy atom. The number of fused-ring (bicyclic) bond motifs is 1. The van der Waals surface area contributed by atoms with Crippen molar-refractivity contribution in [2.45, 2.75) is 43.9 Å². The molecule has 0 saturated heterocycles. The van der Waals surface area contributed by atoms with Gasteiger partial charge in [-0.2, -0.15) is 18.3 Å². The van der Waals surface area contributed by atoms with Gasteiger partial charge in [-0.05, 0) is 31.0 Å². The molecule has 1 amide bonds. The highest BCUT2D eigenvalue weighted by Crippen LogP contribution is 2.26. The monoisotopic (exact) mass is 455 g/mol. The van der Waals surface area contributed by atoms with Gasteiger partial charge >= 0.3 is 12.1 Å². The summed E-state index contributed by atoms with van der Waals surface area (Å²) >= 11 is 1.43. The number of rotatable bonds is 3. The molecule has 2 atom stereocenters. The average Bonchev–Trinajstić information content (AvgIpc) is 3.36. The zero-order valence-corrected chi connectivity index (χ0v) is 17.0. The van der Waals surface area contributed by atoms with E-state index in [1.807, 2.05) is 23.6 Å². The number of carbonyl (C=O) groups excluding carboxylic acids is 1. The topological polar surface area (TPSA) is 123 Å². The maximum Gasteiger partial charge on any atom is 0.490 e. The van der Waals surface area contributed by atoms with Gasteiger partial charge in [0.2, 0.25) is 0 Å². The number of aliphatic carboxylic acids is 1. The van der Waals surface area contributed by atoms with Crippen LogP contribution in [-0.2, 0) is 4.79 Å². The number of carboxylic acids is 1. The zero-order valence-electron chi connectivity index (χ0n) is 16.2. The summed E-state index contributed by atoms with van der Waals surface area (Å²) in [5.74, 6) is -2.80. The van der Waals surface area contributed by atoms with Gasteiger partial charge in [0.25, 0.3) is 5.91 Å². The van der Waals surface area contributed by atoms with Gasteiger partial charge in [0.15, 0.2) is 5.65 Å². The van der Waals surface area contributed by atoms with Crippen LogP contribution in [0.2, 0.25) is 0 Å². The third-order valence-electron chi connectivity index (χ3n) is 4.78. The van der Waals surface area contributed by atoms with Crippen molar-refractivity contribution in [3.8, 4) is 11.3 Å². The van der Waals surface area contributed by atoms with Crippen LogP contribution in [0.15, 0.2) is 36.0 Å². The van der Waals surface area contributed by atoms with Crippen molar-refractivity contribution in [1.82, 2.24) is 19.9 Å². The van der Waals surface area contributed by atoms with E-state index in [2.05, 4.69) is 15.4 Å². The summed E-state index contributed by atoms with van der Waals surface area (Å²) in [4.78, 5) is 26.4. The quantitative estimate of drug-likeness (QED) is 0.558. The molecule has 0 radical (unpaired) electrons. The Labute approximate surface area is 178 Å². The van der Waals surface area contributed by atoms with E-state index in [0.29, 0.717) is 4.88 Å². The molecule has 1 aliphatic rings. The summed E-state index contributed by atoms with van der Waals surface area (Å²) in [7, 11) is 0. The summed E-state index contributed by atoms with van der Waals surface area (Å²) in [5, 5.41) is 16.5. The molecule has 31 heavy (non-hydrogen) atoms. The van der Waals surface area contributed by atoms with Crippen LogP contribution in [0.1, 0.15) is 35.4 Å². The number of halogens is 3. The van der Waals surface area contributed by atoms with E-state index in [0.717, 1.165) is 42.6 Å². The van der Waals surface area contributed by atoms with Crippen molar-refractivity contribution in [2.75, 3.05) is 0 Å². The molecule has 166 valence electrons. The largest absolute Gasteiger partial charge is 0.490 e. The molecule has 3 aromatic rings. The van der Waals surface area contributed by atoms with E-state index >= 15 is 0 Å². The van der Waals surface area contributed by atoms with Gasteiger partial charge in [0.1, 0.15) is 0 Å². The molecule has 0 bridgehead atoms. The second-order valence-corrected chi connectivity index (χ2v) is 7.88. The number of hydrogen-bond acceptors (Lipinski definition) is 6. The van der Waals surface area contributed by atoms with Crippen LogP contribution in [0, 0.1) is 0 Å². The first-order valence-electron chi connectivity index (χ1n) is 9.41. The average molecular weight is 455 g/mol. The highest BCUT2D eigenvalue weighted by atomic mass is 32.1. The standard InChI is InChI=1S/C17H19N5OS.C2HF3O2/c18-12-4-1-2-5-13(12)21-17(23)15-8-11(10-24-15)14-9-19-16-6-3-7-20-22(14)16;3-2(4,5)1(6)7/h3,6-10,12-13H,1-2,4-5,18H2,(H,21,23);(H,6,7)/t12-,13?;/m1./s1. The van der Waals surface area contributed by atoms with Gasteiger partial charge in [0.05, 0.1) is 16.8 Å². The van der Waals surface area contributed by atoms with Crippen molar-refractivity contribution in [1.29, 1.82) is 0 Å². The highest BCUT2D eigenvalue weighted by Gasteiger charge is 2.38. The predicted octanol–water partition coefficient (Wildman–Crippen LogP) is 3.09. The Morgan fingerprint density at radius 2 is 2.00 bits per heavy atom. The van der Waals surface area contributed by atoms with Crippen LogP contribution in [0.4, 0.5) is 13.2 Å². The molecule has 8 nitrogen and oxygen atoms in total. The number of hydrogen-bond donors (Lipinski definition) is 3. The second-order valence-electron chi connectivity index (χ2n) is 6.97. The molecule has 4 rings (SSSR count). The van der Waals surface area contributed by atoms with E-state index in [1.54, 1.807) is 16.9 Å². The van der Waals surface area contributed by atoms with Crippen molar-refractivity contribution < 1.29 is 27.9 Å². The molecule has 0 aliphatic heterocycles. The molecular weight excluding hydrogens is 435 g/mol. The minimum atomic E-state index is -5.08. The first kappa shape index (κ1) is 22.7. The van der Waals surface area contributed by atoms with Crippen molar-refractivity contribution in [2.24, 2.45) is 5.73 Å². The van der Waals surface area contributed by atoms with E-state index in [-0.39, 0.29) is 18.0 Å². The molecule has 4 N–H and O–H groups in total. The molecule has 3 heterocycles. The molecule has 12 heteroatoms. The predicted molar refractivity (Wildman–Crippen MR) is 108 cm³/mol. The Morgan fingerprint density at radius 1 is 1.29 bits per heavy atom. The molecule has 0 aromatic carbocycles. The van der Waals surface area contributed by atoms with E-state index < -0.39 is 12.1 Å². The van der Waals surface area contributed by atoms with Gasteiger partial charge in [-0.1, -0.05) is 12.8 Å². The molecular formula is C19H20F3N5O3S. The lowest BCUT2D eigenvalue weighted by molar-refractivity contribution is -0.192. The van der Waals surface area contributed by atoms with Gasteiger partial charge < -0.3 is 16.2 Å². The van der Waals surface area contributed by atoms with Crippen molar-refractivity contribution >= 4 is 28.9 Å². The Hall–Kier alpha value is -2.99. The zero-order chi connectivity index (χ0) is 22.6. The van der Waals surface area contributed by atoms with E-state index in [4.69, 9.17) is 15.6 Å². The van der Waals surface area contributed by atoms with Gasteiger partial charge in [0, 0.05) is 29.2 Å². The molecule has 0 spiro atoms. The molecule has 1 aliphatic carbocycles. The van der Waals surface area contributed by atoms with Gasteiger partial charge in [-0.3, -0.25) is 4.79 Å². The number of carboxylic acid groups (broad SMARTS) is 1. The first-order valence-corrected chi connectivity index (χ1v) is 10.3. The summed E-state index contributed by atoms with van der Waals surface area (Å²) in [5.41, 5.74) is 8.74. The lowest BCUT2D eigenvalue weighted by Gasteiger charge is -2.29. The lowest BCUT2D eigenvalue weighted by Crippen LogP contribution is -2.49. The number of aromatic nitrogens is 3. The van der Waals surface area contributed by atoms with Crippen LogP contribution in [-0.4, -0.2) is 49.8 Å². The molecule has 1 saturated carbocycles. The Balaban J connectivity index is 0.000000339. The number of imidazole rings is 1. The summed E-state index contributed by atoms with van der Waals surface area (Å²) in [6, 6.07) is 5.79. The van der Waals surface area contributed by atoms with E-state index in [9.17, 15) is 18.0 Å². The van der Waals surface area contributed by atoms with Gasteiger partial charge in [-0.25, -0.2) is 14.3 Å². The molecule has 1 unspecified atom stereocenters. The van der Waals surface area contributed by atoms with Crippen LogP contribution < -0.4 is 11.1 Å². The number of nitrogens with two attached hydrogens (primary N) is 1. The summed E-state index contributed by atoms with van der Waals surface area (Å²) in [6.45, 7) is 0. The normalized spacial score (nSPS) is 18.8. The van der Waals surface area contributed by atoms with Crippen molar-refractivity contribution in [3.63, 3.8) is 0 Å². The maximum absolute atomic E-state index is 12.5. The number of amides is 1. The Kier molecular flexibility index (Phi) is 6.91. The van der Waals surface area contributed by atoms with Gasteiger partial charge in [-0.15, -0.1) is 11.3 Å². The number of thiophene rings is 1. The van der Waals surface area contributed by atoms with E-state index in [1.165, 1.54) is 11.3 Å². The summed E-state index contributed by atoms with van der Waals surface area (Å²) < 4.78 is 33.5. The summed E-state index contributed by atoms with van der Waals surface area (Å²) in [6.07, 6.45) is 2.64. The van der Waals surface area contributed by atoms with Crippen LogP contribution in [0.25, 0.3) is 16.9 Å². The van der Waals surface area contributed by atoms with Crippen LogP contribution in [0.3, 0.4) is 0 Å². The third-order valence-corrected chi connectivity index (χ3v) is 5.70. The highest BCUT2D eigenvalue weighted by molar-refractivity contribution is 7.12. The fourth-order valence-corrected chi connectivity index (χ4v) is 4.00. The second kappa shape index (κ2) is 9.43. The number of nitrogens with one attached hydrogen (secondary N) is 1. The smallest absolute Gasteiger partial charge is 0.475 e. The lowest BCUT2D eigenvalue weighted by atomic mass is 9.91. The Bertz CT molecular complexity index is 1070. The maximum atomic E-state index is 12.5. The SMILES string of the molecule is N[C@@H]1CCCCC1NC(=O)c1cc(-c2cnc3cccnn23)cs1.O=C(O)C(F)(F)F. The van der Waals surface area contributed by atoms with Crippen molar-refractivity contribution in [3.05, 3.63) is 40.8 Å². The molecule has 1 fully saturated rings. The first-order chi connectivity index (χ1) is 14.7. The molecule has 3 aromatic heterocycles. The van der Waals surface area contributed by atoms with Crippen LogP contribution >= 0.6 is 11.3 Å². The number of alkyl halides is 3. The minimum Gasteiger partial charge on any atom is -0.475 e. The fraction of sp³-hybridized carbons (Fsp3) is 0.368. The fourth-order valence-electron chi connectivity index (χ4n) is 3.19. The number of carbonyl (C=O) groups is 2. The minimum absolute atomic E-state index is 0.0459. The third kappa shape index (κ3) is 5.58. The van der Waals surface area contributed by atoms with Crippen LogP contribution in [0.5, 0.6) is 0 Å².